The Hall–Kier alpha value is -1.02. The predicted octanol–water partition coefficient (Wildman–Crippen LogP) is 5.74. The van der Waals surface area contributed by atoms with E-state index in [-0.39, 0.29) is 0 Å². The average molecular weight is 262 g/mol. The van der Waals surface area contributed by atoms with Gasteiger partial charge in [0.2, 0.25) is 0 Å². The summed E-state index contributed by atoms with van der Waals surface area (Å²) in [6, 6.07) is 4.57. The molecule has 2 heteroatoms. The van der Waals surface area contributed by atoms with Crippen LogP contribution in [-0.2, 0) is 0 Å². The number of nitrogens with zero attached hydrogens (tertiary/aromatic N) is 2. The first-order chi connectivity index (χ1) is 9.24. The number of hydrogen-bond acceptors (Lipinski definition) is 2. The molecule has 0 aliphatic carbocycles. The van der Waals surface area contributed by atoms with Gasteiger partial charge in [-0.1, -0.05) is 78.1 Å². The Labute approximate surface area is 119 Å². The minimum Gasteiger partial charge on any atom is -0.197 e. The van der Waals surface area contributed by atoms with Gasteiger partial charge in [-0.05, 0) is 12.8 Å². The van der Waals surface area contributed by atoms with Crippen molar-refractivity contribution >= 4 is 0 Å². The highest BCUT2D eigenvalue weighted by atomic mass is 14.4. The molecule has 0 N–H and O–H groups in total. The summed E-state index contributed by atoms with van der Waals surface area (Å²) in [5, 5.41) is 18.6. The lowest BCUT2D eigenvalue weighted by atomic mass is 9.80. The van der Waals surface area contributed by atoms with Gasteiger partial charge in [0, 0.05) is 0 Å². The first-order valence-electron chi connectivity index (χ1n) is 8.07. The molecular weight excluding hydrogens is 232 g/mol. The monoisotopic (exact) mass is 262 g/mol. The molecule has 0 unspecified atom stereocenters. The van der Waals surface area contributed by atoms with Crippen LogP contribution in [0.5, 0.6) is 0 Å². The van der Waals surface area contributed by atoms with Crippen LogP contribution >= 0.6 is 0 Å². The van der Waals surface area contributed by atoms with Crippen LogP contribution in [0.4, 0.5) is 0 Å². The van der Waals surface area contributed by atoms with Crippen molar-refractivity contribution in [1.29, 1.82) is 10.5 Å². The third-order valence-corrected chi connectivity index (χ3v) is 3.84. The Morgan fingerprint density at radius 2 is 1.00 bits per heavy atom. The Kier molecular flexibility index (Phi) is 11.4. The van der Waals surface area contributed by atoms with Crippen LogP contribution in [0.2, 0.25) is 0 Å². The van der Waals surface area contributed by atoms with Gasteiger partial charge in [0.25, 0.3) is 0 Å². The van der Waals surface area contributed by atoms with Crippen molar-refractivity contribution in [3.63, 3.8) is 0 Å². The molecule has 0 amide bonds. The fraction of sp³-hybridized carbons (Fsp3) is 0.882. The summed E-state index contributed by atoms with van der Waals surface area (Å²) in [4.78, 5) is 0. The molecule has 0 bridgehead atoms. The van der Waals surface area contributed by atoms with E-state index >= 15 is 0 Å². The maximum Gasteiger partial charge on any atom is 0.143 e. The van der Waals surface area contributed by atoms with Crippen LogP contribution in [0.3, 0.4) is 0 Å². The van der Waals surface area contributed by atoms with Crippen LogP contribution in [-0.4, -0.2) is 0 Å². The van der Waals surface area contributed by atoms with E-state index in [0.717, 1.165) is 38.5 Å². The van der Waals surface area contributed by atoms with Crippen molar-refractivity contribution in [1.82, 2.24) is 0 Å². The van der Waals surface area contributed by atoms with Gasteiger partial charge >= 0.3 is 0 Å². The van der Waals surface area contributed by atoms with Crippen molar-refractivity contribution in [3.05, 3.63) is 0 Å². The first kappa shape index (κ1) is 18.0. The third-order valence-electron chi connectivity index (χ3n) is 3.84. The van der Waals surface area contributed by atoms with Gasteiger partial charge in [0.05, 0.1) is 12.1 Å². The summed E-state index contributed by atoms with van der Waals surface area (Å²) in [6.45, 7) is 4.40. The van der Waals surface area contributed by atoms with Crippen molar-refractivity contribution < 1.29 is 0 Å². The molecule has 0 aromatic rings. The molecule has 0 fully saturated rings. The standard InChI is InChI=1S/C17H30N2/c1-3-5-7-9-11-13-17(15-18,16-19)14-12-10-8-6-4-2/h3-14H2,1-2H3. The minimum absolute atomic E-state index is 0.710. The molecule has 0 rings (SSSR count). The summed E-state index contributed by atoms with van der Waals surface area (Å²) in [5.74, 6) is 0. The molecule has 0 saturated carbocycles. The van der Waals surface area contributed by atoms with Gasteiger partial charge in [-0.15, -0.1) is 0 Å². The minimum atomic E-state index is -0.710. The molecule has 2 nitrogen and oxygen atoms in total. The second-order valence-corrected chi connectivity index (χ2v) is 5.63. The molecular formula is C17H30N2. The summed E-state index contributed by atoms with van der Waals surface area (Å²) >= 11 is 0. The van der Waals surface area contributed by atoms with E-state index in [1.165, 1.54) is 38.5 Å². The number of unbranched alkanes of at least 4 members (excludes halogenated alkanes) is 8. The molecule has 0 aromatic heterocycles. The van der Waals surface area contributed by atoms with Gasteiger partial charge < -0.3 is 0 Å². The van der Waals surface area contributed by atoms with E-state index in [1.54, 1.807) is 0 Å². The highest BCUT2D eigenvalue weighted by molar-refractivity contribution is 5.13. The van der Waals surface area contributed by atoms with E-state index in [1.807, 2.05) is 0 Å². The molecule has 0 radical (unpaired) electrons. The Morgan fingerprint density at radius 3 is 1.32 bits per heavy atom. The molecule has 0 aliphatic heterocycles. The molecule has 0 atom stereocenters. The van der Waals surface area contributed by atoms with E-state index in [2.05, 4.69) is 26.0 Å². The fourth-order valence-corrected chi connectivity index (χ4v) is 2.43. The predicted molar refractivity (Wildman–Crippen MR) is 80.4 cm³/mol. The summed E-state index contributed by atoms with van der Waals surface area (Å²) in [7, 11) is 0. The zero-order chi connectivity index (χ0) is 14.4. The van der Waals surface area contributed by atoms with E-state index in [9.17, 15) is 10.5 Å². The van der Waals surface area contributed by atoms with Gasteiger partial charge in [0.1, 0.15) is 5.41 Å². The molecule has 0 saturated heterocycles. The fourth-order valence-electron chi connectivity index (χ4n) is 2.43. The SMILES string of the molecule is CCCCCCCC(C#N)(C#N)CCCCCCC. The first-order valence-corrected chi connectivity index (χ1v) is 8.07. The topological polar surface area (TPSA) is 47.6 Å². The molecule has 108 valence electrons. The molecule has 0 aliphatic rings. The van der Waals surface area contributed by atoms with Crippen LogP contribution in [0.25, 0.3) is 0 Å². The molecule has 0 aromatic carbocycles. The van der Waals surface area contributed by atoms with Gasteiger partial charge in [-0.25, -0.2) is 0 Å². The van der Waals surface area contributed by atoms with E-state index in [0.29, 0.717) is 0 Å². The summed E-state index contributed by atoms with van der Waals surface area (Å²) < 4.78 is 0. The largest absolute Gasteiger partial charge is 0.197 e. The van der Waals surface area contributed by atoms with Crippen LogP contribution in [0, 0.1) is 28.1 Å². The zero-order valence-electron chi connectivity index (χ0n) is 12.9. The third kappa shape index (κ3) is 8.66. The summed E-state index contributed by atoms with van der Waals surface area (Å²) in [5.41, 5.74) is -0.710. The van der Waals surface area contributed by atoms with E-state index < -0.39 is 5.41 Å². The number of nitriles is 2. The number of hydrogen-bond donors (Lipinski definition) is 0. The normalized spacial score (nSPS) is 10.9. The lowest BCUT2D eigenvalue weighted by Gasteiger charge is -2.18. The maximum absolute atomic E-state index is 9.31. The molecule has 19 heavy (non-hydrogen) atoms. The highest BCUT2D eigenvalue weighted by Crippen LogP contribution is 2.30. The zero-order valence-corrected chi connectivity index (χ0v) is 12.9. The van der Waals surface area contributed by atoms with E-state index in [4.69, 9.17) is 0 Å². The Bertz CT molecular complexity index is 253. The maximum atomic E-state index is 9.31. The second-order valence-electron chi connectivity index (χ2n) is 5.63. The molecule has 0 spiro atoms. The quantitative estimate of drug-likeness (QED) is 0.421. The lowest BCUT2D eigenvalue weighted by molar-refractivity contribution is 0.392. The Morgan fingerprint density at radius 1 is 0.632 bits per heavy atom. The van der Waals surface area contributed by atoms with Gasteiger partial charge in [0.15, 0.2) is 0 Å². The van der Waals surface area contributed by atoms with Crippen molar-refractivity contribution in [3.8, 4) is 12.1 Å². The van der Waals surface area contributed by atoms with Crippen molar-refractivity contribution in [2.75, 3.05) is 0 Å². The summed E-state index contributed by atoms with van der Waals surface area (Å²) in [6.07, 6.45) is 13.4. The highest BCUT2D eigenvalue weighted by Gasteiger charge is 2.28. The van der Waals surface area contributed by atoms with Crippen molar-refractivity contribution in [2.45, 2.75) is 90.9 Å². The van der Waals surface area contributed by atoms with Crippen molar-refractivity contribution in [2.24, 2.45) is 5.41 Å². The second kappa shape index (κ2) is 12.0. The van der Waals surface area contributed by atoms with Gasteiger partial charge in [-0.3, -0.25) is 0 Å². The lowest BCUT2D eigenvalue weighted by Crippen LogP contribution is -2.16. The van der Waals surface area contributed by atoms with Crippen LogP contribution in [0.15, 0.2) is 0 Å². The Balaban J connectivity index is 3.92. The number of rotatable bonds is 12. The smallest absolute Gasteiger partial charge is 0.143 e. The van der Waals surface area contributed by atoms with Gasteiger partial charge in [-0.2, -0.15) is 10.5 Å². The van der Waals surface area contributed by atoms with Crippen LogP contribution in [0.1, 0.15) is 90.9 Å². The average Bonchev–Trinajstić information content (AvgIpc) is 2.45. The van der Waals surface area contributed by atoms with Crippen LogP contribution < -0.4 is 0 Å². The molecule has 0 heterocycles.